The highest BCUT2D eigenvalue weighted by atomic mass is 16.6. The number of aliphatic hydroxyl groups excluding tert-OH is 3. The van der Waals surface area contributed by atoms with Crippen molar-refractivity contribution in [2.24, 2.45) is 0 Å². The Morgan fingerprint density at radius 2 is 2.11 bits per heavy atom. The van der Waals surface area contributed by atoms with Gasteiger partial charge in [0.1, 0.15) is 11.8 Å². The van der Waals surface area contributed by atoms with E-state index in [0.717, 1.165) is 4.57 Å². The molecule has 0 bridgehead atoms. The molecule has 0 aromatic carbocycles. The van der Waals surface area contributed by atoms with Crippen LogP contribution in [0.5, 0.6) is 0 Å². The second-order valence-corrected chi connectivity index (χ2v) is 4.68. The maximum atomic E-state index is 11.7. The van der Waals surface area contributed by atoms with Crippen LogP contribution in [0.15, 0.2) is 15.8 Å². The van der Waals surface area contributed by atoms with Crippen LogP contribution < -0.4 is 11.2 Å². The molecule has 0 spiro atoms. The maximum absolute atomic E-state index is 11.7. The fraction of sp³-hybridized carbons (Fsp3) is 0.636. The first-order chi connectivity index (χ1) is 8.93. The molecule has 8 heteroatoms. The number of ether oxygens (including phenoxy) is 1. The molecule has 2 heterocycles. The Kier molecular flexibility index (Phi) is 3.59. The second kappa shape index (κ2) is 4.89. The van der Waals surface area contributed by atoms with Crippen molar-refractivity contribution in [1.29, 1.82) is 0 Å². The normalized spacial score (nSPS) is 25.7. The first-order valence-electron chi connectivity index (χ1n) is 5.83. The molecule has 2 rings (SSSR count). The second-order valence-electron chi connectivity index (χ2n) is 4.68. The van der Waals surface area contributed by atoms with E-state index >= 15 is 0 Å². The summed E-state index contributed by atoms with van der Waals surface area (Å²) >= 11 is 0. The van der Waals surface area contributed by atoms with Gasteiger partial charge in [0.05, 0.1) is 19.3 Å². The van der Waals surface area contributed by atoms with Gasteiger partial charge in [-0.25, -0.2) is 4.79 Å². The van der Waals surface area contributed by atoms with E-state index in [0.29, 0.717) is 5.56 Å². The molecule has 1 fully saturated rings. The number of aromatic nitrogens is 2. The molecule has 4 N–H and O–H groups in total. The minimum atomic E-state index is -1.49. The van der Waals surface area contributed by atoms with Gasteiger partial charge in [0.15, 0.2) is 0 Å². The van der Waals surface area contributed by atoms with Crippen LogP contribution in [-0.4, -0.2) is 49.8 Å². The van der Waals surface area contributed by atoms with Crippen LogP contribution in [0.1, 0.15) is 18.2 Å². The third-order valence-corrected chi connectivity index (χ3v) is 3.39. The molecule has 106 valence electrons. The standard InChI is InChI=1S/C11H16N2O6/c1-6-3-13(10(18)12-9(6)17)8-2-7(16)11(4-14,5-15)19-8/h3,7-8,14-16H,2,4-5H2,1H3,(H,12,17,18)/t7-,8+/m0/s1. The lowest BCUT2D eigenvalue weighted by molar-refractivity contribution is -0.150. The number of aliphatic hydroxyl groups is 3. The van der Waals surface area contributed by atoms with E-state index in [4.69, 9.17) is 4.74 Å². The zero-order valence-electron chi connectivity index (χ0n) is 10.4. The van der Waals surface area contributed by atoms with E-state index in [-0.39, 0.29) is 6.42 Å². The highest BCUT2D eigenvalue weighted by Gasteiger charge is 2.48. The molecule has 0 amide bonds. The fourth-order valence-corrected chi connectivity index (χ4v) is 2.11. The largest absolute Gasteiger partial charge is 0.393 e. The molecule has 0 aliphatic carbocycles. The number of H-pyrrole nitrogens is 1. The van der Waals surface area contributed by atoms with E-state index in [1.54, 1.807) is 0 Å². The first-order valence-corrected chi connectivity index (χ1v) is 5.83. The van der Waals surface area contributed by atoms with Crippen molar-refractivity contribution in [3.05, 3.63) is 32.6 Å². The molecule has 1 aromatic rings. The van der Waals surface area contributed by atoms with Crippen LogP contribution in [0, 0.1) is 6.92 Å². The van der Waals surface area contributed by atoms with Gasteiger partial charge >= 0.3 is 5.69 Å². The highest BCUT2D eigenvalue weighted by Crippen LogP contribution is 2.35. The summed E-state index contributed by atoms with van der Waals surface area (Å²) < 4.78 is 6.54. The Labute approximate surface area is 107 Å². The Morgan fingerprint density at radius 1 is 1.47 bits per heavy atom. The molecule has 8 nitrogen and oxygen atoms in total. The molecule has 0 saturated carbocycles. The van der Waals surface area contributed by atoms with Crippen LogP contribution in [0.25, 0.3) is 0 Å². The predicted octanol–water partition coefficient (Wildman–Crippen LogP) is -2.15. The molecule has 1 saturated heterocycles. The SMILES string of the molecule is Cc1cn([C@H]2C[C@H](O)C(CO)(CO)O2)c(=O)[nH]c1=O. The van der Waals surface area contributed by atoms with Gasteiger partial charge in [-0.2, -0.15) is 0 Å². The summed E-state index contributed by atoms with van der Waals surface area (Å²) in [5.74, 6) is 0. The lowest BCUT2D eigenvalue weighted by Gasteiger charge is -2.27. The van der Waals surface area contributed by atoms with E-state index in [2.05, 4.69) is 4.98 Å². The van der Waals surface area contributed by atoms with Crippen LogP contribution in [0.4, 0.5) is 0 Å². The number of hydrogen-bond donors (Lipinski definition) is 4. The highest BCUT2D eigenvalue weighted by molar-refractivity contribution is 5.03. The average molecular weight is 272 g/mol. The van der Waals surface area contributed by atoms with Gasteiger partial charge in [-0.1, -0.05) is 0 Å². The summed E-state index contributed by atoms with van der Waals surface area (Å²) in [5, 5.41) is 28.3. The number of aromatic amines is 1. The Hall–Kier alpha value is -1.48. The molecule has 2 atom stereocenters. The van der Waals surface area contributed by atoms with Crippen molar-refractivity contribution in [3.63, 3.8) is 0 Å². The molecule has 0 radical (unpaired) electrons. The molecule has 19 heavy (non-hydrogen) atoms. The van der Waals surface area contributed by atoms with Gasteiger partial charge in [0, 0.05) is 18.2 Å². The van der Waals surface area contributed by atoms with Crippen molar-refractivity contribution in [2.45, 2.75) is 31.3 Å². The number of nitrogens with one attached hydrogen (secondary N) is 1. The summed E-state index contributed by atoms with van der Waals surface area (Å²) in [5.41, 5.74) is -2.33. The zero-order valence-corrected chi connectivity index (χ0v) is 10.4. The Morgan fingerprint density at radius 3 is 2.63 bits per heavy atom. The van der Waals surface area contributed by atoms with Crippen molar-refractivity contribution in [1.82, 2.24) is 9.55 Å². The van der Waals surface area contributed by atoms with Crippen molar-refractivity contribution in [2.75, 3.05) is 13.2 Å². The average Bonchev–Trinajstić information content (AvgIpc) is 2.71. The Balaban J connectivity index is 2.38. The molecular weight excluding hydrogens is 256 g/mol. The molecule has 1 aliphatic rings. The lowest BCUT2D eigenvalue weighted by atomic mass is 9.99. The van der Waals surface area contributed by atoms with Crippen molar-refractivity contribution >= 4 is 0 Å². The third-order valence-electron chi connectivity index (χ3n) is 3.39. The topological polar surface area (TPSA) is 125 Å². The van der Waals surface area contributed by atoms with Crippen LogP contribution >= 0.6 is 0 Å². The Bertz CT molecular complexity index is 573. The summed E-state index contributed by atoms with van der Waals surface area (Å²) in [7, 11) is 0. The minimum Gasteiger partial charge on any atom is -0.393 e. The predicted molar refractivity (Wildman–Crippen MR) is 63.7 cm³/mol. The summed E-state index contributed by atoms with van der Waals surface area (Å²) in [6.07, 6.45) is -0.598. The molecule has 0 unspecified atom stereocenters. The minimum absolute atomic E-state index is 0.0342. The first kappa shape index (κ1) is 13.9. The van der Waals surface area contributed by atoms with Gasteiger partial charge in [-0.3, -0.25) is 14.3 Å². The quantitative estimate of drug-likeness (QED) is 0.497. The number of hydrogen-bond acceptors (Lipinski definition) is 6. The fourth-order valence-electron chi connectivity index (χ4n) is 2.11. The third kappa shape index (κ3) is 2.23. The summed E-state index contributed by atoms with van der Waals surface area (Å²) in [4.78, 5) is 25.1. The van der Waals surface area contributed by atoms with Crippen molar-refractivity contribution in [3.8, 4) is 0 Å². The summed E-state index contributed by atoms with van der Waals surface area (Å²) in [6, 6.07) is 0. The van der Waals surface area contributed by atoms with Crippen LogP contribution in [-0.2, 0) is 4.74 Å². The van der Waals surface area contributed by atoms with E-state index in [9.17, 15) is 24.9 Å². The van der Waals surface area contributed by atoms with Gasteiger partial charge in [-0.05, 0) is 6.92 Å². The maximum Gasteiger partial charge on any atom is 0.330 e. The van der Waals surface area contributed by atoms with Crippen LogP contribution in [0.3, 0.4) is 0 Å². The van der Waals surface area contributed by atoms with Gasteiger partial charge in [-0.15, -0.1) is 0 Å². The van der Waals surface area contributed by atoms with E-state index < -0.39 is 42.4 Å². The smallest absolute Gasteiger partial charge is 0.330 e. The molecule has 1 aliphatic heterocycles. The summed E-state index contributed by atoms with van der Waals surface area (Å²) in [6.45, 7) is 0.391. The lowest BCUT2D eigenvalue weighted by Crippen LogP contribution is -2.46. The zero-order chi connectivity index (χ0) is 14.2. The number of nitrogens with zero attached hydrogens (tertiary/aromatic N) is 1. The number of rotatable bonds is 3. The number of aryl methyl sites for hydroxylation is 1. The van der Waals surface area contributed by atoms with Gasteiger partial charge < -0.3 is 20.1 Å². The monoisotopic (exact) mass is 272 g/mol. The molecular formula is C11H16N2O6. The van der Waals surface area contributed by atoms with Crippen molar-refractivity contribution < 1.29 is 20.1 Å². The van der Waals surface area contributed by atoms with E-state index in [1.807, 2.05) is 0 Å². The van der Waals surface area contributed by atoms with Gasteiger partial charge in [0.25, 0.3) is 5.56 Å². The van der Waals surface area contributed by atoms with E-state index in [1.165, 1.54) is 13.1 Å². The molecule has 1 aromatic heterocycles. The van der Waals surface area contributed by atoms with Gasteiger partial charge in [0.2, 0.25) is 0 Å². The van der Waals surface area contributed by atoms with Crippen LogP contribution in [0.2, 0.25) is 0 Å².